The van der Waals surface area contributed by atoms with Crippen LogP contribution in [0.5, 0.6) is 0 Å². The van der Waals surface area contributed by atoms with Crippen molar-refractivity contribution in [2.24, 2.45) is 0 Å². The molecule has 1 amide bonds. The van der Waals surface area contributed by atoms with Gasteiger partial charge in [0.15, 0.2) is 26.6 Å². The van der Waals surface area contributed by atoms with Crippen LogP contribution in [0.4, 0.5) is 14.5 Å². The van der Waals surface area contributed by atoms with Crippen molar-refractivity contribution in [3.63, 3.8) is 0 Å². The average Bonchev–Trinajstić information content (AvgIpc) is 3.21. The zero-order chi connectivity index (χ0) is 21.2. The number of allylic oxidation sites excluding steroid dienone is 1. The molecule has 1 N–H and O–H groups in total. The molecule has 7 nitrogen and oxygen atoms in total. The first kappa shape index (κ1) is 21.4. The number of hydrogen-bond acceptors (Lipinski definition) is 6. The van der Waals surface area contributed by atoms with E-state index in [2.05, 4.69) is 22.1 Å². The highest BCUT2D eigenvalue weighted by Crippen LogP contribution is 2.31. The van der Waals surface area contributed by atoms with Crippen LogP contribution in [0.3, 0.4) is 0 Å². The Bertz CT molecular complexity index is 1040. The first-order valence-electron chi connectivity index (χ1n) is 8.87. The maximum atomic E-state index is 13.3. The standard InChI is InChI=1S/C18H20F2N4O3S2/c1-3-7-24-16(12-6-8-29(26,27)10-12)22-23-18(24)28-11(2)17(25)21-13-4-5-14(19)15(20)9-13/h3-5,9,11-12H,1,6-8,10H2,2H3,(H,21,25)/t11-,12+/m1/s1. The molecule has 0 saturated carbocycles. The van der Waals surface area contributed by atoms with E-state index in [1.54, 1.807) is 17.6 Å². The number of rotatable bonds is 7. The lowest BCUT2D eigenvalue weighted by Gasteiger charge is -2.14. The van der Waals surface area contributed by atoms with Gasteiger partial charge in [-0.1, -0.05) is 17.8 Å². The molecule has 1 aliphatic rings. The predicted molar refractivity (Wildman–Crippen MR) is 107 cm³/mol. The van der Waals surface area contributed by atoms with E-state index in [-0.39, 0.29) is 23.1 Å². The molecule has 0 unspecified atom stereocenters. The highest BCUT2D eigenvalue weighted by molar-refractivity contribution is 8.00. The molecule has 11 heteroatoms. The molecule has 0 bridgehead atoms. The number of aromatic nitrogens is 3. The predicted octanol–water partition coefficient (Wildman–Crippen LogP) is 2.76. The second-order valence-corrected chi connectivity index (χ2v) is 10.3. The minimum absolute atomic E-state index is 0.0269. The van der Waals surface area contributed by atoms with Gasteiger partial charge in [-0.3, -0.25) is 4.79 Å². The molecule has 3 rings (SSSR count). The third kappa shape index (κ3) is 5.02. The summed E-state index contributed by atoms with van der Waals surface area (Å²) < 4.78 is 51.7. The van der Waals surface area contributed by atoms with E-state index in [4.69, 9.17) is 0 Å². The van der Waals surface area contributed by atoms with Crippen LogP contribution in [-0.4, -0.2) is 45.8 Å². The molecule has 156 valence electrons. The summed E-state index contributed by atoms with van der Waals surface area (Å²) in [6, 6.07) is 3.11. The van der Waals surface area contributed by atoms with Crippen LogP contribution in [0.1, 0.15) is 25.1 Å². The van der Waals surface area contributed by atoms with E-state index in [9.17, 15) is 22.0 Å². The third-order valence-corrected chi connectivity index (χ3v) is 7.34. The van der Waals surface area contributed by atoms with E-state index >= 15 is 0 Å². The second kappa shape index (κ2) is 8.62. The molecule has 1 aliphatic heterocycles. The lowest BCUT2D eigenvalue weighted by molar-refractivity contribution is -0.115. The summed E-state index contributed by atoms with van der Waals surface area (Å²) in [7, 11) is -3.08. The molecule has 0 radical (unpaired) electrons. The van der Waals surface area contributed by atoms with Gasteiger partial charge in [0.2, 0.25) is 5.91 Å². The van der Waals surface area contributed by atoms with Crippen molar-refractivity contribution in [2.45, 2.75) is 36.2 Å². The van der Waals surface area contributed by atoms with Crippen molar-refractivity contribution in [3.8, 4) is 0 Å². The summed E-state index contributed by atoms with van der Waals surface area (Å²) in [6.45, 7) is 5.73. The van der Waals surface area contributed by atoms with E-state index in [1.807, 2.05) is 0 Å². The van der Waals surface area contributed by atoms with Crippen LogP contribution in [0, 0.1) is 11.6 Å². The zero-order valence-electron chi connectivity index (χ0n) is 15.6. The summed E-state index contributed by atoms with van der Waals surface area (Å²) in [4.78, 5) is 12.4. The lowest BCUT2D eigenvalue weighted by atomic mass is 10.1. The molecule has 1 fully saturated rings. The Kier molecular flexibility index (Phi) is 6.37. The summed E-state index contributed by atoms with van der Waals surface area (Å²) in [5.74, 6) is -2.00. The molecule has 1 aromatic heterocycles. The molecule has 2 atom stereocenters. The number of halogens is 2. The second-order valence-electron chi connectivity index (χ2n) is 6.72. The molecule has 29 heavy (non-hydrogen) atoms. The van der Waals surface area contributed by atoms with Crippen LogP contribution in [0.15, 0.2) is 36.0 Å². The highest BCUT2D eigenvalue weighted by Gasteiger charge is 2.33. The fourth-order valence-electron chi connectivity index (χ4n) is 3.02. The van der Waals surface area contributed by atoms with E-state index in [0.29, 0.717) is 23.9 Å². The summed E-state index contributed by atoms with van der Waals surface area (Å²) >= 11 is 1.14. The SMILES string of the molecule is C=CCn1c(S[C@H](C)C(=O)Nc2ccc(F)c(F)c2)nnc1[C@H]1CCS(=O)(=O)C1. The van der Waals surface area contributed by atoms with E-state index in [1.165, 1.54) is 6.07 Å². The van der Waals surface area contributed by atoms with Crippen molar-refractivity contribution in [2.75, 3.05) is 16.8 Å². The minimum atomic E-state index is -3.08. The maximum absolute atomic E-state index is 13.3. The van der Waals surface area contributed by atoms with Gasteiger partial charge in [0.25, 0.3) is 0 Å². The number of nitrogens with one attached hydrogen (secondary N) is 1. The van der Waals surface area contributed by atoms with Crippen LogP contribution in [-0.2, 0) is 21.2 Å². The fourth-order valence-corrected chi connectivity index (χ4v) is 5.62. The third-order valence-electron chi connectivity index (χ3n) is 4.49. The van der Waals surface area contributed by atoms with Crippen LogP contribution in [0.2, 0.25) is 0 Å². The average molecular weight is 443 g/mol. The first-order chi connectivity index (χ1) is 13.7. The van der Waals surface area contributed by atoms with Crippen molar-refractivity contribution in [1.29, 1.82) is 0 Å². The first-order valence-corrected chi connectivity index (χ1v) is 11.6. The smallest absolute Gasteiger partial charge is 0.237 e. The fraction of sp³-hybridized carbons (Fsp3) is 0.389. The number of thioether (sulfide) groups is 1. The van der Waals surface area contributed by atoms with E-state index in [0.717, 1.165) is 23.9 Å². The van der Waals surface area contributed by atoms with Gasteiger partial charge in [0.05, 0.1) is 16.8 Å². The van der Waals surface area contributed by atoms with Gasteiger partial charge in [-0.05, 0) is 25.5 Å². The molecule has 2 aromatic rings. The normalized spacial score (nSPS) is 19.1. The van der Waals surface area contributed by atoms with Gasteiger partial charge in [-0.2, -0.15) is 0 Å². The van der Waals surface area contributed by atoms with Gasteiger partial charge in [0.1, 0.15) is 5.82 Å². The van der Waals surface area contributed by atoms with E-state index < -0.39 is 32.6 Å². The quantitative estimate of drug-likeness (QED) is 0.524. The van der Waals surface area contributed by atoms with Gasteiger partial charge in [-0.15, -0.1) is 16.8 Å². The van der Waals surface area contributed by atoms with Crippen LogP contribution >= 0.6 is 11.8 Å². The Morgan fingerprint density at radius 2 is 2.17 bits per heavy atom. The Hall–Kier alpha value is -2.27. The topological polar surface area (TPSA) is 93.9 Å². The van der Waals surface area contributed by atoms with Crippen molar-refractivity contribution in [3.05, 3.63) is 48.3 Å². The van der Waals surface area contributed by atoms with Crippen molar-refractivity contribution >= 4 is 33.2 Å². The van der Waals surface area contributed by atoms with Crippen LogP contribution < -0.4 is 5.32 Å². The minimum Gasteiger partial charge on any atom is -0.325 e. The number of benzene rings is 1. The molecule has 0 spiro atoms. The van der Waals surface area contributed by atoms with Crippen molar-refractivity contribution < 1.29 is 22.0 Å². The molecule has 1 saturated heterocycles. The monoisotopic (exact) mass is 442 g/mol. The van der Waals surface area contributed by atoms with Crippen LogP contribution in [0.25, 0.3) is 0 Å². The number of carbonyl (C=O) groups is 1. The Balaban J connectivity index is 1.73. The number of amides is 1. The molecule has 1 aromatic carbocycles. The number of sulfone groups is 1. The zero-order valence-corrected chi connectivity index (χ0v) is 17.3. The van der Waals surface area contributed by atoms with Gasteiger partial charge >= 0.3 is 0 Å². The van der Waals surface area contributed by atoms with Gasteiger partial charge < -0.3 is 9.88 Å². The van der Waals surface area contributed by atoms with Gasteiger partial charge in [-0.25, -0.2) is 17.2 Å². The largest absolute Gasteiger partial charge is 0.325 e. The number of carbonyl (C=O) groups excluding carboxylic acids is 1. The number of hydrogen-bond donors (Lipinski definition) is 1. The molecular formula is C18H20F2N4O3S2. The van der Waals surface area contributed by atoms with Gasteiger partial charge in [0, 0.05) is 24.2 Å². The Morgan fingerprint density at radius 1 is 1.41 bits per heavy atom. The Labute approximate surface area is 171 Å². The summed E-state index contributed by atoms with van der Waals surface area (Å²) in [5, 5.41) is 10.7. The maximum Gasteiger partial charge on any atom is 0.237 e. The Morgan fingerprint density at radius 3 is 2.79 bits per heavy atom. The molecular weight excluding hydrogens is 422 g/mol. The summed E-state index contributed by atoms with van der Waals surface area (Å²) in [6.07, 6.45) is 2.13. The number of anilines is 1. The van der Waals surface area contributed by atoms with Crippen molar-refractivity contribution in [1.82, 2.24) is 14.8 Å². The molecule has 2 heterocycles. The molecule has 0 aliphatic carbocycles. The lowest BCUT2D eigenvalue weighted by Crippen LogP contribution is -2.23. The summed E-state index contributed by atoms with van der Waals surface area (Å²) in [5.41, 5.74) is 0.144. The number of nitrogens with zero attached hydrogens (tertiary/aromatic N) is 3. The highest BCUT2D eigenvalue weighted by atomic mass is 32.2.